The first-order valence-corrected chi connectivity index (χ1v) is 6.51. The van der Waals surface area contributed by atoms with Crippen molar-refractivity contribution in [3.05, 3.63) is 35.0 Å². The molecule has 0 unspecified atom stereocenters. The standard InChI is InChI=1S/C12H15BrN4O/c1-3-17(7-9-5-4-6-18-9)12-10(13)11(14-2)15-8-16-12/h4-6,8H,3,7H2,1-2H3,(H,14,15,16). The Labute approximate surface area is 114 Å². The van der Waals surface area contributed by atoms with E-state index >= 15 is 0 Å². The van der Waals surface area contributed by atoms with Crippen LogP contribution in [-0.2, 0) is 6.54 Å². The number of hydrogen-bond acceptors (Lipinski definition) is 5. The van der Waals surface area contributed by atoms with Gasteiger partial charge in [0, 0.05) is 13.6 Å². The number of nitrogens with zero attached hydrogens (tertiary/aromatic N) is 3. The van der Waals surface area contributed by atoms with Gasteiger partial charge >= 0.3 is 0 Å². The summed E-state index contributed by atoms with van der Waals surface area (Å²) in [5, 5.41) is 3.03. The van der Waals surface area contributed by atoms with Crippen LogP contribution in [0.4, 0.5) is 11.6 Å². The van der Waals surface area contributed by atoms with Crippen molar-refractivity contribution >= 4 is 27.6 Å². The lowest BCUT2D eigenvalue weighted by atomic mass is 10.3. The molecule has 0 radical (unpaired) electrons. The molecule has 0 spiro atoms. The topological polar surface area (TPSA) is 54.2 Å². The first-order valence-electron chi connectivity index (χ1n) is 5.71. The summed E-state index contributed by atoms with van der Waals surface area (Å²) in [6, 6.07) is 3.84. The number of hydrogen-bond donors (Lipinski definition) is 1. The van der Waals surface area contributed by atoms with E-state index in [1.54, 1.807) is 12.6 Å². The van der Waals surface area contributed by atoms with Gasteiger partial charge in [-0.1, -0.05) is 0 Å². The summed E-state index contributed by atoms with van der Waals surface area (Å²) in [4.78, 5) is 10.6. The number of halogens is 1. The van der Waals surface area contributed by atoms with Crippen LogP contribution in [0.25, 0.3) is 0 Å². The normalized spacial score (nSPS) is 10.4. The molecule has 2 heterocycles. The molecule has 0 atom stereocenters. The predicted molar refractivity (Wildman–Crippen MR) is 74.7 cm³/mol. The van der Waals surface area contributed by atoms with Gasteiger partial charge in [0.05, 0.1) is 12.8 Å². The van der Waals surface area contributed by atoms with E-state index in [1.807, 2.05) is 19.2 Å². The molecule has 0 aliphatic carbocycles. The Morgan fingerprint density at radius 3 is 2.89 bits per heavy atom. The summed E-state index contributed by atoms with van der Waals surface area (Å²) in [6.45, 7) is 3.60. The first-order chi connectivity index (χ1) is 8.76. The minimum Gasteiger partial charge on any atom is -0.467 e. The van der Waals surface area contributed by atoms with Crippen molar-refractivity contribution in [2.45, 2.75) is 13.5 Å². The van der Waals surface area contributed by atoms with Crippen LogP contribution in [0, 0.1) is 0 Å². The highest BCUT2D eigenvalue weighted by Gasteiger charge is 2.14. The maximum absolute atomic E-state index is 5.37. The van der Waals surface area contributed by atoms with Gasteiger partial charge in [-0.15, -0.1) is 0 Å². The minimum absolute atomic E-state index is 0.683. The van der Waals surface area contributed by atoms with Crippen molar-refractivity contribution in [1.29, 1.82) is 0 Å². The molecule has 1 N–H and O–H groups in total. The van der Waals surface area contributed by atoms with Crippen LogP contribution in [0.5, 0.6) is 0 Å². The van der Waals surface area contributed by atoms with Crippen LogP contribution in [-0.4, -0.2) is 23.6 Å². The molecular weight excluding hydrogens is 296 g/mol. The van der Waals surface area contributed by atoms with E-state index < -0.39 is 0 Å². The summed E-state index contributed by atoms with van der Waals surface area (Å²) < 4.78 is 6.23. The highest BCUT2D eigenvalue weighted by molar-refractivity contribution is 9.10. The van der Waals surface area contributed by atoms with E-state index in [1.165, 1.54) is 0 Å². The molecule has 5 nitrogen and oxygen atoms in total. The largest absolute Gasteiger partial charge is 0.467 e. The second-order valence-electron chi connectivity index (χ2n) is 3.70. The van der Waals surface area contributed by atoms with E-state index in [9.17, 15) is 0 Å². The quantitative estimate of drug-likeness (QED) is 0.920. The van der Waals surface area contributed by atoms with Crippen molar-refractivity contribution < 1.29 is 4.42 Å². The van der Waals surface area contributed by atoms with Crippen LogP contribution in [0.1, 0.15) is 12.7 Å². The maximum Gasteiger partial charge on any atom is 0.148 e. The third-order valence-corrected chi connectivity index (χ3v) is 3.35. The highest BCUT2D eigenvalue weighted by atomic mass is 79.9. The molecule has 0 aromatic carbocycles. The van der Waals surface area contributed by atoms with Gasteiger partial charge in [0.1, 0.15) is 28.2 Å². The summed E-state index contributed by atoms with van der Waals surface area (Å²) in [7, 11) is 1.83. The minimum atomic E-state index is 0.683. The van der Waals surface area contributed by atoms with Gasteiger partial charge < -0.3 is 14.6 Å². The SMILES string of the molecule is CCN(Cc1ccco1)c1ncnc(NC)c1Br. The second kappa shape index (κ2) is 5.86. The van der Waals surface area contributed by atoms with E-state index in [4.69, 9.17) is 4.42 Å². The molecule has 0 saturated carbocycles. The second-order valence-corrected chi connectivity index (χ2v) is 4.50. The smallest absolute Gasteiger partial charge is 0.148 e. The van der Waals surface area contributed by atoms with Crippen LogP contribution in [0.2, 0.25) is 0 Å². The molecule has 0 fully saturated rings. The zero-order valence-corrected chi connectivity index (χ0v) is 11.9. The van der Waals surface area contributed by atoms with Gasteiger partial charge in [0.25, 0.3) is 0 Å². The zero-order chi connectivity index (χ0) is 13.0. The van der Waals surface area contributed by atoms with Crippen molar-refractivity contribution in [3.63, 3.8) is 0 Å². The lowest BCUT2D eigenvalue weighted by molar-refractivity contribution is 0.502. The van der Waals surface area contributed by atoms with Gasteiger partial charge in [-0.2, -0.15) is 0 Å². The van der Waals surface area contributed by atoms with Gasteiger partial charge in [-0.25, -0.2) is 9.97 Å². The molecule has 2 aromatic rings. The third-order valence-electron chi connectivity index (χ3n) is 2.62. The van der Waals surface area contributed by atoms with Crippen molar-refractivity contribution in [2.75, 3.05) is 23.8 Å². The van der Waals surface area contributed by atoms with Crippen molar-refractivity contribution in [2.24, 2.45) is 0 Å². The maximum atomic E-state index is 5.37. The number of nitrogens with one attached hydrogen (secondary N) is 1. The fourth-order valence-corrected chi connectivity index (χ4v) is 2.34. The Balaban J connectivity index is 2.27. The first kappa shape index (κ1) is 12.9. The molecule has 0 amide bonds. The monoisotopic (exact) mass is 310 g/mol. The predicted octanol–water partition coefficient (Wildman–Crippen LogP) is 2.90. The molecule has 0 aliphatic rings. The molecule has 0 bridgehead atoms. The van der Waals surface area contributed by atoms with Gasteiger partial charge in [0.2, 0.25) is 0 Å². The van der Waals surface area contributed by atoms with E-state index in [0.717, 1.165) is 28.4 Å². The Morgan fingerprint density at radius 2 is 2.28 bits per heavy atom. The van der Waals surface area contributed by atoms with Crippen LogP contribution in [0.3, 0.4) is 0 Å². The fourth-order valence-electron chi connectivity index (χ4n) is 1.68. The van der Waals surface area contributed by atoms with Gasteiger partial charge in [-0.3, -0.25) is 0 Å². The number of rotatable bonds is 5. The molecular formula is C12H15BrN4O. The van der Waals surface area contributed by atoms with Gasteiger partial charge in [-0.05, 0) is 35.0 Å². The summed E-state index contributed by atoms with van der Waals surface area (Å²) in [6.07, 6.45) is 3.23. The molecule has 6 heteroatoms. The number of anilines is 2. The van der Waals surface area contributed by atoms with Crippen LogP contribution < -0.4 is 10.2 Å². The van der Waals surface area contributed by atoms with Gasteiger partial charge in [0.15, 0.2) is 0 Å². The van der Waals surface area contributed by atoms with E-state index in [0.29, 0.717) is 6.54 Å². The summed E-state index contributed by atoms with van der Waals surface area (Å²) >= 11 is 3.53. The Kier molecular flexibility index (Phi) is 4.19. The molecule has 0 aliphatic heterocycles. The average Bonchev–Trinajstić information content (AvgIpc) is 2.89. The lowest BCUT2D eigenvalue weighted by Crippen LogP contribution is -2.23. The summed E-state index contributed by atoms with van der Waals surface area (Å²) in [5.41, 5.74) is 0. The molecule has 96 valence electrons. The van der Waals surface area contributed by atoms with Crippen LogP contribution >= 0.6 is 15.9 Å². The molecule has 2 rings (SSSR count). The fraction of sp³-hybridized carbons (Fsp3) is 0.333. The summed E-state index contributed by atoms with van der Waals surface area (Å²) in [5.74, 6) is 2.54. The third kappa shape index (κ3) is 2.64. The molecule has 18 heavy (non-hydrogen) atoms. The Bertz CT molecular complexity index is 501. The van der Waals surface area contributed by atoms with Crippen LogP contribution in [0.15, 0.2) is 33.6 Å². The van der Waals surface area contributed by atoms with Crippen molar-refractivity contribution in [3.8, 4) is 0 Å². The number of furan rings is 1. The molecule has 2 aromatic heterocycles. The average molecular weight is 311 g/mol. The van der Waals surface area contributed by atoms with E-state index in [-0.39, 0.29) is 0 Å². The lowest BCUT2D eigenvalue weighted by Gasteiger charge is -2.22. The van der Waals surface area contributed by atoms with Crippen molar-refractivity contribution in [1.82, 2.24) is 9.97 Å². The number of aromatic nitrogens is 2. The zero-order valence-electron chi connectivity index (χ0n) is 10.4. The Hall–Kier alpha value is -1.56. The molecule has 0 saturated heterocycles. The van der Waals surface area contributed by atoms with E-state index in [2.05, 4.69) is 43.0 Å². The highest BCUT2D eigenvalue weighted by Crippen LogP contribution is 2.29. The Morgan fingerprint density at radius 1 is 1.44 bits per heavy atom.